The van der Waals surface area contributed by atoms with Crippen LogP contribution in [0.1, 0.15) is 96.0 Å². The third-order valence-corrected chi connectivity index (χ3v) is 7.44. The molecule has 1 aromatic carbocycles. The number of amides is 1. The molecule has 1 saturated heterocycles. The van der Waals surface area contributed by atoms with Crippen LogP contribution in [0.4, 0.5) is 0 Å². The van der Waals surface area contributed by atoms with E-state index >= 15 is 0 Å². The molecule has 0 unspecified atom stereocenters. The summed E-state index contributed by atoms with van der Waals surface area (Å²) < 4.78 is 11.1. The maximum absolute atomic E-state index is 12.7. The molecule has 0 radical (unpaired) electrons. The molecule has 0 bridgehead atoms. The Morgan fingerprint density at radius 1 is 0.943 bits per heavy atom. The highest BCUT2D eigenvalue weighted by molar-refractivity contribution is 8.26. The van der Waals surface area contributed by atoms with Gasteiger partial charge in [0.2, 0.25) is 0 Å². The van der Waals surface area contributed by atoms with Crippen LogP contribution in [0.25, 0.3) is 6.08 Å². The fourth-order valence-corrected chi connectivity index (χ4v) is 5.24. The topological polar surface area (TPSA) is 55.8 Å². The van der Waals surface area contributed by atoms with Crippen molar-refractivity contribution in [1.82, 2.24) is 4.90 Å². The second-order valence-electron chi connectivity index (χ2n) is 8.97. The lowest BCUT2D eigenvalue weighted by molar-refractivity contribution is -0.144. The number of carbonyl (C=O) groups excluding carboxylic acids is 2. The van der Waals surface area contributed by atoms with Crippen molar-refractivity contribution in [2.24, 2.45) is 0 Å². The van der Waals surface area contributed by atoms with Crippen molar-refractivity contribution in [2.75, 3.05) is 20.3 Å². The third kappa shape index (κ3) is 11.6. The van der Waals surface area contributed by atoms with E-state index in [0.717, 1.165) is 43.4 Å². The number of carbonyl (C=O) groups is 2. The number of thiocarbonyl (C=S) groups is 1. The standard InChI is InChI=1S/C28H41NO4S2/c1-3-4-5-6-7-8-9-10-14-21-33-26(30)15-12-11-13-20-29-27(31)25(35-28(29)34)22-23-16-18-24(32-2)19-17-23/h16-19,22H,3-15,20-21H2,1-2H3. The Kier molecular flexibility index (Phi) is 14.7. The van der Waals surface area contributed by atoms with Crippen molar-refractivity contribution in [2.45, 2.75) is 90.4 Å². The monoisotopic (exact) mass is 519 g/mol. The van der Waals surface area contributed by atoms with Gasteiger partial charge in [0.1, 0.15) is 10.1 Å². The predicted octanol–water partition coefficient (Wildman–Crippen LogP) is 7.53. The first-order chi connectivity index (χ1) is 17.0. The van der Waals surface area contributed by atoms with Crippen molar-refractivity contribution in [3.8, 4) is 5.75 Å². The van der Waals surface area contributed by atoms with E-state index in [1.54, 1.807) is 12.0 Å². The molecule has 0 N–H and O–H groups in total. The van der Waals surface area contributed by atoms with Crippen molar-refractivity contribution in [3.05, 3.63) is 34.7 Å². The van der Waals surface area contributed by atoms with Crippen LogP contribution in [0, 0.1) is 0 Å². The summed E-state index contributed by atoms with van der Waals surface area (Å²) in [6.07, 6.45) is 16.0. The van der Waals surface area contributed by atoms with Gasteiger partial charge in [-0.2, -0.15) is 0 Å². The number of methoxy groups -OCH3 is 1. The summed E-state index contributed by atoms with van der Waals surface area (Å²) in [4.78, 5) is 27.0. The number of rotatable bonds is 18. The number of thioether (sulfide) groups is 1. The van der Waals surface area contributed by atoms with Gasteiger partial charge >= 0.3 is 5.97 Å². The smallest absolute Gasteiger partial charge is 0.305 e. The summed E-state index contributed by atoms with van der Waals surface area (Å²) in [7, 11) is 1.63. The fraction of sp³-hybridized carbons (Fsp3) is 0.607. The van der Waals surface area contributed by atoms with E-state index in [4.69, 9.17) is 21.7 Å². The van der Waals surface area contributed by atoms with E-state index in [1.807, 2.05) is 30.3 Å². The van der Waals surface area contributed by atoms with E-state index in [1.165, 1.54) is 56.7 Å². The minimum atomic E-state index is -0.113. The molecule has 0 aromatic heterocycles. The Morgan fingerprint density at radius 3 is 2.23 bits per heavy atom. The number of benzene rings is 1. The molecule has 1 aliphatic heterocycles. The second kappa shape index (κ2) is 17.6. The number of unbranched alkanes of at least 4 members (excludes halogenated alkanes) is 10. The summed E-state index contributed by atoms with van der Waals surface area (Å²) in [6, 6.07) is 7.57. The van der Waals surface area contributed by atoms with Gasteiger partial charge in [0.25, 0.3) is 5.91 Å². The van der Waals surface area contributed by atoms with Gasteiger partial charge in [0.15, 0.2) is 0 Å². The number of ether oxygens (including phenoxy) is 2. The summed E-state index contributed by atoms with van der Waals surface area (Å²) >= 11 is 6.75. The van der Waals surface area contributed by atoms with E-state index < -0.39 is 0 Å². The highest BCUT2D eigenvalue weighted by atomic mass is 32.2. The zero-order valence-electron chi connectivity index (χ0n) is 21.4. The van der Waals surface area contributed by atoms with Gasteiger partial charge in [-0.3, -0.25) is 14.5 Å². The highest BCUT2D eigenvalue weighted by Crippen LogP contribution is 2.33. The van der Waals surface area contributed by atoms with Gasteiger partial charge in [0, 0.05) is 13.0 Å². The van der Waals surface area contributed by atoms with Crippen LogP contribution in [-0.2, 0) is 14.3 Å². The SMILES string of the molecule is CCCCCCCCCCCOC(=O)CCCCCN1C(=O)C(=Cc2ccc(OC)cc2)SC1=S. The molecule has 1 fully saturated rings. The Balaban J connectivity index is 1.53. The van der Waals surface area contributed by atoms with E-state index in [0.29, 0.717) is 28.8 Å². The molecule has 1 aliphatic rings. The average molecular weight is 520 g/mol. The lowest BCUT2D eigenvalue weighted by Gasteiger charge is -2.14. The summed E-state index contributed by atoms with van der Waals surface area (Å²) in [5.74, 6) is 0.621. The molecule has 35 heavy (non-hydrogen) atoms. The van der Waals surface area contributed by atoms with Gasteiger partial charge in [0.05, 0.1) is 18.6 Å². The molecule has 1 amide bonds. The normalized spacial score (nSPS) is 14.7. The zero-order chi connectivity index (χ0) is 25.3. The largest absolute Gasteiger partial charge is 0.497 e. The molecule has 1 aromatic rings. The van der Waals surface area contributed by atoms with Crippen LogP contribution in [0.2, 0.25) is 0 Å². The first kappa shape index (κ1) is 29.4. The Morgan fingerprint density at radius 2 is 1.57 bits per heavy atom. The molecule has 0 spiro atoms. The maximum atomic E-state index is 12.7. The zero-order valence-corrected chi connectivity index (χ0v) is 23.0. The fourth-order valence-electron chi connectivity index (χ4n) is 3.93. The minimum absolute atomic E-state index is 0.0452. The van der Waals surface area contributed by atoms with E-state index in [9.17, 15) is 9.59 Å². The van der Waals surface area contributed by atoms with Gasteiger partial charge in [-0.25, -0.2) is 0 Å². The summed E-state index contributed by atoms with van der Waals surface area (Å²) in [5.41, 5.74) is 0.937. The predicted molar refractivity (Wildman–Crippen MR) is 150 cm³/mol. The van der Waals surface area contributed by atoms with Crippen molar-refractivity contribution in [3.63, 3.8) is 0 Å². The van der Waals surface area contributed by atoms with Crippen LogP contribution in [0.15, 0.2) is 29.2 Å². The third-order valence-electron chi connectivity index (χ3n) is 6.06. The number of hydrogen-bond acceptors (Lipinski definition) is 6. The second-order valence-corrected chi connectivity index (χ2v) is 10.6. The minimum Gasteiger partial charge on any atom is -0.497 e. The van der Waals surface area contributed by atoms with Gasteiger partial charge in [-0.1, -0.05) is 101 Å². The molecule has 1 heterocycles. The molecule has 7 heteroatoms. The first-order valence-electron chi connectivity index (χ1n) is 13.1. The van der Waals surface area contributed by atoms with E-state index in [2.05, 4.69) is 6.92 Å². The van der Waals surface area contributed by atoms with Gasteiger partial charge in [-0.05, 0) is 43.0 Å². The summed E-state index contributed by atoms with van der Waals surface area (Å²) in [6.45, 7) is 3.36. The molecule has 2 rings (SSSR count). The van der Waals surface area contributed by atoms with Crippen molar-refractivity contribution in [1.29, 1.82) is 0 Å². The molecule has 5 nitrogen and oxygen atoms in total. The molecule has 0 aliphatic carbocycles. The number of hydrogen-bond donors (Lipinski definition) is 0. The van der Waals surface area contributed by atoms with Crippen LogP contribution < -0.4 is 4.74 Å². The number of esters is 1. The molecular formula is C28H41NO4S2. The average Bonchev–Trinajstić information content (AvgIpc) is 3.12. The van der Waals surface area contributed by atoms with Gasteiger partial charge < -0.3 is 9.47 Å². The Labute approximate surface area is 221 Å². The summed E-state index contributed by atoms with van der Waals surface area (Å²) in [5, 5.41) is 0. The quantitative estimate of drug-likeness (QED) is 0.0865. The van der Waals surface area contributed by atoms with Crippen molar-refractivity contribution >= 4 is 46.3 Å². The number of nitrogens with zero attached hydrogens (tertiary/aromatic N) is 1. The van der Waals surface area contributed by atoms with Crippen molar-refractivity contribution < 1.29 is 19.1 Å². The Bertz CT molecular complexity index is 823. The maximum Gasteiger partial charge on any atom is 0.305 e. The lowest BCUT2D eigenvalue weighted by Crippen LogP contribution is -2.29. The molecule has 0 saturated carbocycles. The van der Waals surface area contributed by atoms with Crippen LogP contribution >= 0.6 is 24.0 Å². The molecule has 194 valence electrons. The first-order valence-corrected chi connectivity index (χ1v) is 14.3. The lowest BCUT2D eigenvalue weighted by atomic mass is 10.1. The van der Waals surface area contributed by atoms with Crippen LogP contribution in [0.5, 0.6) is 5.75 Å². The molecular weight excluding hydrogens is 478 g/mol. The van der Waals surface area contributed by atoms with Crippen LogP contribution in [-0.4, -0.2) is 41.4 Å². The molecule has 0 atom stereocenters. The van der Waals surface area contributed by atoms with E-state index in [-0.39, 0.29) is 11.9 Å². The highest BCUT2D eigenvalue weighted by Gasteiger charge is 2.31. The Hall–Kier alpha value is -1.86. The van der Waals surface area contributed by atoms with Crippen LogP contribution in [0.3, 0.4) is 0 Å². The van der Waals surface area contributed by atoms with Gasteiger partial charge in [-0.15, -0.1) is 0 Å².